The predicted octanol–water partition coefficient (Wildman–Crippen LogP) is 4.18. The van der Waals surface area contributed by atoms with Gasteiger partial charge < -0.3 is 10.1 Å². The van der Waals surface area contributed by atoms with Gasteiger partial charge in [-0.05, 0) is 36.5 Å². The van der Waals surface area contributed by atoms with Gasteiger partial charge in [0.25, 0.3) is 0 Å². The molecule has 0 atom stereocenters. The minimum atomic E-state index is -0.502. The Balaban J connectivity index is 1.66. The van der Waals surface area contributed by atoms with Crippen molar-refractivity contribution in [1.29, 1.82) is 0 Å². The number of nitrogens with one attached hydrogen (secondary N) is 1. The number of hydrogen-bond acceptors (Lipinski definition) is 7. The molecule has 0 bridgehead atoms. The van der Waals surface area contributed by atoms with Crippen LogP contribution >= 0.6 is 35.3 Å². The molecular weight excluding hydrogens is 402 g/mol. The quantitative estimate of drug-likeness (QED) is 0.368. The first-order valence-electron chi connectivity index (χ1n) is 7.84. The molecule has 9 heteroatoms. The number of para-hydroxylation sites is 2. The molecule has 0 saturated carbocycles. The maximum absolute atomic E-state index is 12.3. The average molecular weight is 418 g/mol. The second-order valence-electron chi connectivity index (χ2n) is 5.26. The summed E-state index contributed by atoms with van der Waals surface area (Å²) < 4.78 is 7.71. The number of anilines is 1. The molecule has 0 spiro atoms. The normalized spacial score (nSPS) is 10.4. The number of nitrogens with zero attached hydrogens (tertiary/aromatic N) is 2. The number of rotatable bonds is 6. The Morgan fingerprint density at radius 2 is 1.89 bits per heavy atom. The topological polar surface area (TPSA) is 73.2 Å². The van der Waals surface area contributed by atoms with Crippen LogP contribution in [0.15, 0.2) is 58.9 Å². The van der Waals surface area contributed by atoms with Crippen molar-refractivity contribution in [3.05, 3.63) is 64.1 Å². The van der Waals surface area contributed by atoms with Crippen LogP contribution in [0.25, 0.3) is 5.69 Å². The lowest BCUT2D eigenvalue weighted by Crippen LogP contribution is -2.17. The van der Waals surface area contributed by atoms with E-state index in [4.69, 9.17) is 17.0 Å². The molecule has 0 radical (unpaired) electrons. The molecule has 1 amide bonds. The second-order valence-corrected chi connectivity index (χ2v) is 8.10. The van der Waals surface area contributed by atoms with Crippen molar-refractivity contribution < 1.29 is 14.3 Å². The Morgan fingerprint density at radius 3 is 2.63 bits per heavy atom. The van der Waals surface area contributed by atoms with Gasteiger partial charge in [0.15, 0.2) is 8.29 Å². The number of carbonyl (C=O) groups is 2. The smallest absolute Gasteiger partial charge is 0.339 e. The number of carbonyl (C=O) groups excluding carboxylic acids is 2. The Labute approximate surface area is 169 Å². The third-order valence-electron chi connectivity index (χ3n) is 3.46. The van der Waals surface area contributed by atoms with Crippen molar-refractivity contribution in [2.24, 2.45) is 0 Å². The average Bonchev–Trinajstić information content (AvgIpc) is 3.07. The third kappa shape index (κ3) is 4.82. The highest BCUT2D eigenvalue weighted by Crippen LogP contribution is 2.24. The minimum Gasteiger partial charge on any atom is -0.465 e. The number of ether oxygens (including phenoxy) is 1. The first kappa shape index (κ1) is 19.3. The molecule has 2 aromatic carbocycles. The maximum atomic E-state index is 12.3. The summed E-state index contributed by atoms with van der Waals surface area (Å²) in [7, 11) is 1.30. The van der Waals surface area contributed by atoms with Gasteiger partial charge in [0.1, 0.15) is 0 Å². The van der Waals surface area contributed by atoms with E-state index in [0.717, 1.165) is 5.69 Å². The van der Waals surface area contributed by atoms with Crippen LogP contribution < -0.4 is 5.32 Å². The number of thioether (sulfide) groups is 1. The van der Waals surface area contributed by atoms with Crippen molar-refractivity contribution in [3.63, 3.8) is 0 Å². The molecule has 1 aromatic heterocycles. The van der Waals surface area contributed by atoms with Gasteiger partial charge in [-0.1, -0.05) is 53.4 Å². The van der Waals surface area contributed by atoms with E-state index in [1.54, 1.807) is 28.9 Å². The van der Waals surface area contributed by atoms with Gasteiger partial charge in [0.05, 0.1) is 29.8 Å². The molecule has 0 fully saturated rings. The minimum absolute atomic E-state index is 0.145. The number of aromatic nitrogens is 2. The van der Waals surface area contributed by atoms with E-state index in [9.17, 15) is 9.59 Å². The lowest BCUT2D eigenvalue weighted by molar-refractivity contribution is -0.113. The molecule has 0 saturated heterocycles. The Bertz CT molecular complexity index is 1020. The highest BCUT2D eigenvalue weighted by Gasteiger charge is 2.14. The van der Waals surface area contributed by atoms with E-state index < -0.39 is 5.97 Å². The summed E-state index contributed by atoms with van der Waals surface area (Å²) >= 11 is 7.99. The predicted molar refractivity (Wildman–Crippen MR) is 109 cm³/mol. The number of amides is 1. The van der Waals surface area contributed by atoms with Crippen LogP contribution in [0.5, 0.6) is 0 Å². The van der Waals surface area contributed by atoms with Crippen LogP contribution in [-0.4, -0.2) is 34.5 Å². The van der Waals surface area contributed by atoms with Gasteiger partial charge in [0.2, 0.25) is 5.91 Å². The molecule has 27 heavy (non-hydrogen) atoms. The molecule has 1 N–H and O–H groups in total. The lowest BCUT2D eigenvalue weighted by Gasteiger charge is -2.08. The summed E-state index contributed by atoms with van der Waals surface area (Å²) in [5, 5.41) is 7.19. The highest BCUT2D eigenvalue weighted by atomic mass is 32.2. The van der Waals surface area contributed by atoms with Gasteiger partial charge in [0, 0.05) is 0 Å². The summed E-state index contributed by atoms with van der Waals surface area (Å²) in [5.41, 5.74) is 1.60. The SMILES string of the molecule is COC(=O)c1ccccc1NC(=O)CSc1nn(-c2ccccc2)c(=S)s1. The van der Waals surface area contributed by atoms with Crippen LogP contribution in [-0.2, 0) is 9.53 Å². The van der Waals surface area contributed by atoms with Crippen molar-refractivity contribution >= 4 is 52.9 Å². The number of methoxy groups -OCH3 is 1. The number of hydrogen-bond donors (Lipinski definition) is 1. The van der Waals surface area contributed by atoms with Crippen molar-refractivity contribution in [3.8, 4) is 5.69 Å². The largest absolute Gasteiger partial charge is 0.465 e. The number of esters is 1. The molecule has 0 unspecified atom stereocenters. The molecular formula is C18H15N3O3S3. The zero-order valence-electron chi connectivity index (χ0n) is 14.2. The van der Waals surface area contributed by atoms with Crippen LogP contribution in [0, 0.1) is 3.95 Å². The molecule has 6 nitrogen and oxygen atoms in total. The van der Waals surface area contributed by atoms with Crippen LogP contribution in [0.1, 0.15) is 10.4 Å². The van der Waals surface area contributed by atoms with E-state index in [1.165, 1.54) is 30.2 Å². The van der Waals surface area contributed by atoms with Gasteiger partial charge >= 0.3 is 5.97 Å². The Morgan fingerprint density at radius 1 is 1.19 bits per heavy atom. The molecule has 0 aliphatic heterocycles. The van der Waals surface area contributed by atoms with Gasteiger partial charge in [-0.25, -0.2) is 9.48 Å². The van der Waals surface area contributed by atoms with Gasteiger partial charge in [-0.3, -0.25) is 4.79 Å². The second kappa shape index (κ2) is 8.94. The molecule has 0 aliphatic carbocycles. The molecule has 3 rings (SSSR count). The fourth-order valence-electron chi connectivity index (χ4n) is 2.25. The van der Waals surface area contributed by atoms with E-state index in [2.05, 4.69) is 10.4 Å². The summed E-state index contributed by atoms with van der Waals surface area (Å²) in [5.74, 6) is -0.603. The standard InChI is InChI=1S/C18H15N3O3S3/c1-24-16(23)13-9-5-6-10-14(13)19-15(22)11-26-17-20-21(18(25)27-17)12-7-3-2-4-8-12/h2-10H,11H2,1H3,(H,19,22). The summed E-state index contributed by atoms with van der Waals surface area (Å²) in [6.45, 7) is 0. The van der Waals surface area contributed by atoms with E-state index in [0.29, 0.717) is 19.5 Å². The summed E-state index contributed by atoms with van der Waals surface area (Å²) in [6.07, 6.45) is 0. The van der Waals surface area contributed by atoms with E-state index >= 15 is 0 Å². The zero-order chi connectivity index (χ0) is 19.2. The van der Waals surface area contributed by atoms with E-state index in [1.807, 2.05) is 30.3 Å². The van der Waals surface area contributed by atoms with Crippen molar-refractivity contribution in [2.75, 3.05) is 18.2 Å². The molecule has 138 valence electrons. The fraction of sp³-hybridized carbons (Fsp3) is 0.111. The summed E-state index contributed by atoms with van der Waals surface area (Å²) in [6, 6.07) is 16.3. The van der Waals surface area contributed by atoms with Crippen molar-refractivity contribution in [1.82, 2.24) is 9.78 Å². The fourth-order valence-corrected chi connectivity index (χ4v) is 4.41. The van der Waals surface area contributed by atoms with Gasteiger partial charge in [-0.2, -0.15) is 0 Å². The van der Waals surface area contributed by atoms with Gasteiger partial charge in [-0.15, -0.1) is 5.10 Å². The first-order valence-corrected chi connectivity index (χ1v) is 10.0. The summed E-state index contributed by atoms with van der Waals surface area (Å²) in [4.78, 5) is 24.0. The molecule has 1 heterocycles. The Hall–Kier alpha value is -2.49. The third-order valence-corrected chi connectivity index (χ3v) is 5.83. The maximum Gasteiger partial charge on any atom is 0.339 e. The Kier molecular flexibility index (Phi) is 6.38. The number of benzene rings is 2. The monoisotopic (exact) mass is 417 g/mol. The van der Waals surface area contributed by atoms with Crippen molar-refractivity contribution in [2.45, 2.75) is 4.34 Å². The lowest BCUT2D eigenvalue weighted by atomic mass is 10.2. The molecule has 0 aliphatic rings. The van der Waals surface area contributed by atoms with Crippen LogP contribution in [0.3, 0.4) is 0 Å². The van der Waals surface area contributed by atoms with Crippen LogP contribution in [0.4, 0.5) is 5.69 Å². The van der Waals surface area contributed by atoms with E-state index in [-0.39, 0.29) is 11.7 Å². The first-order chi connectivity index (χ1) is 13.1. The zero-order valence-corrected chi connectivity index (χ0v) is 16.7. The highest BCUT2D eigenvalue weighted by molar-refractivity contribution is 8.01. The van der Waals surface area contributed by atoms with Crippen LogP contribution in [0.2, 0.25) is 0 Å². The molecule has 3 aromatic rings.